The Hall–Kier alpha value is -2.89. The number of carbonyl (C=O) groups excluding carboxylic acids is 1. The first-order valence-corrected chi connectivity index (χ1v) is 9.38. The van der Waals surface area contributed by atoms with Crippen LogP contribution in [0.5, 0.6) is 23.0 Å². The molecule has 0 bridgehead atoms. The number of hydrogen-bond acceptors (Lipinski definition) is 5. The first-order chi connectivity index (χ1) is 13.6. The maximum absolute atomic E-state index is 12.6. The van der Waals surface area contributed by atoms with Gasteiger partial charge in [0.25, 0.3) is 5.91 Å². The predicted octanol–water partition coefficient (Wildman–Crippen LogP) is 3.18. The Morgan fingerprint density at radius 3 is 2.04 bits per heavy atom. The SMILES string of the molecule is COc1cc2c(cc1CCNC(=O)c1cc(OC)c(OC)c(OC)c1)CCC2. The lowest BCUT2D eigenvalue weighted by Gasteiger charge is -2.15. The third kappa shape index (κ3) is 4.01. The number of amides is 1. The Bertz CT molecular complexity index is 837. The van der Waals surface area contributed by atoms with Crippen LogP contribution in [0.15, 0.2) is 24.3 Å². The molecule has 1 N–H and O–H groups in total. The van der Waals surface area contributed by atoms with Crippen molar-refractivity contribution in [3.8, 4) is 23.0 Å². The minimum atomic E-state index is -0.195. The average Bonchev–Trinajstić information content (AvgIpc) is 3.18. The molecule has 0 atom stereocenters. The molecule has 0 saturated heterocycles. The van der Waals surface area contributed by atoms with Gasteiger partial charge in [0, 0.05) is 12.1 Å². The minimum absolute atomic E-state index is 0.195. The van der Waals surface area contributed by atoms with Crippen molar-refractivity contribution in [2.24, 2.45) is 0 Å². The zero-order valence-electron chi connectivity index (χ0n) is 16.9. The van der Waals surface area contributed by atoms with Crippen LogP contribution in [0.25, 0.3) is 0 Å². The molecular weight excluding hydrogens is 358 g/mol. The highest BCUT2D eigenvalue weighted by Gasteiger charge is 2.18. The molecule has 0 heterocycles. The van der Waals surface area contributed by atoms with Gasteiger partial charge in [0.05, 0.1) is 28.4 Å². The van der Waals surface area contributed by atoms with Crippen molar-refractivity contribution in [2.45, 2.75) is 25.7 Å². The molecule has 1 aliphatic carbocycles. The summed E-state index contributed by atoms with van der Waals surface area (Å²) in [6.07, 6.45) is 4.13. The van der Waals surface area contributed by atoms with E-state index in [1.807, 2.05) is 0 Å². The number of benzene rings is 2. The summed E-state index contributed by atoms with van der Waals surface area (Å²) < 4.78 is 21.5. The van der Waals surface area contributed by atoms with Gasteiger partial charge in [0.2, 0.25) is 5.75 Å². The fraction of sp³-hybridized carbons (Fsp3) is 0.409. The molecule has 28 heavy (non-hydrogen) atoms. The summed E-state index contributed by atoms with van der Waals surface area (Å²) in [5.74, 6) is 2.06. The Balaban J connectivity index is 1.70. The van der Waals surface area contributed by atoms with Crippen LogP contribution in [0.1, 0.15) is 33.5 Å². The Morgan fingerprint density at radius 2 is 1.46 bits per heavy atom. The number of nitrogens with one attached hydrogen (secondary N) is 1. The van der Waals surface area contributed by atoms with E-state index in [0.717, 1.165) is 24.2 Å². The quantitative estimate of drug-likeness (QED) is 0.756. The van der Waals surface area contributed by atoms with E-state index in [2.05, 4.69) is 17.4 Å². The molecule has 0 unspecified atom stereocenters. The zero-order valence-corrected chi connectivity index (χ0v) is 16.9. The fourth-order valence-electron chi connectivity index (χ4n) is 3.66. The molecule has 6 nitrogen and oxygen atoms in total. The highest BCUT2D eigenvalue weighted by molar-refractivity contribution is 5.95. The van der Waals surface area contributed by atoms with Crippen LogP contribution >= 0.6 is 0 Å². The van der Waals surface area contributed by atoms with E-state index >= 15 is 0 Å². The van der Waals surface area contributed by atoms with Crippen LogP contribution in [0.3, 0.4) is 0 Å². The second-order valence-corrected chi connectivity index (χ2v) is 6.71. The van der Waals surface area contributed by atoms with Crippen molar-refractivity contribution in [1.82, 2.24) is 5.32 Å². The van der Waals surface area contributed by atoms with Crippen LogP contribution in [0.4, 0.5) is 0 Å². The highest BCUT2D eigenvalue weighted by atomic mass is 16.5. The van der Waals surface area contributed by atoms with Crippen molar-refractivity contribution in [3.05, 3.63) is 46.5 Å². The lowest BCUT2D eigenvalue weighted by molar-refractivity contribution is 0.0953. The summed E-state index contributed by atoms with van der Waals surface area (Å²) in [5, 5.41) is 2.96. The third-order valence-corrected chi connectivity index (χ3v) is 5.10. The number of methoxy groups -OCH3 is 4. The number of aryl methyl sites for hydroxylation is 2. The maximum Gasteiger partial charge on any atom is 0.251 e. The maximum atomic E-state index is 12.6. The summed E-state index contributed by atoms with van der Waals surface area (Å²) in [5.41, 5.74) is 4.34. The molecule has 2 aromatic carbocycles. The smallest absolute Gasteiger partial charge is 0.251 e. The summed E-state index contributed by atoms with van der Waals surface area (Å²) in [7, 11) is 6.27. The topological polar surface area (TPSA) is 66.0 Å². The number of ether oxygens (including phenoxy) is 4. The highest BCUT2D eigenvalue weighted by Crippen LogP contribution is 2.38. The van der Waals surface area contributed by atoms with Crippen LogP contribution in [-0.2, 0) is 19.3 Å². The molecule has 6 heteroatoms. The van der Waals surface area contributed by atoms with Gasteiger partial charge in [-0.25, -0.2) is 0 Å². The molecular formula is C22H27NO5. The number of carbonyl (C=O) groups is 1. The first-order valence-electron chi connectivity index (χ1n) is 9.38. The fourth-order valence-corrected chi connectivity index (χ4v) is 3.66. The van der Waals surface area contributed by atoms with Crippen molar-refractivity contribution >= 4 is 5.91 Å². The third-order valence-electron chi connectivity index (χ3n) is 5.10. The van der Waals surface area contributed by atoms with E-state index in [9.17, 15) is 4.79 Å². The van der Waals surface area contributed by atoms with Gasteiger partial charge in [0.15, 0.2) is 11.5 Å². The van der Waals surface area contributed by atoms with E-state index in [1.165, 1.54) is 38.9 Å². The monoisotopic (exact) mass is 385 g/mol. The average molecular weight is 385 g/mol. The van der Waals surface area contributed by atoms with E-state index in [4.69, 9.17) is 18.9 Å². The summed E-state index contributed by atoms with van der Waals surface area (Å²) >= 11 is 0. The lowest BCUT2D eigenvalue weighted by atomic mass is 10.0. The molecule has 0 fully saturated rings. The van der Waals surface area contributed by atoms with Crippen LogP contribution in [0, 0.1) is 0 Å². The van der Waals surface area contributed by atoms with Gasteiger partial charge in [-0.05, 0) is 60.6 Å². The molecule has 1 aliphatic rings. The Morgan fingerprint density at radius 1 is 0.857 bits per heavy atom. The molecule has 0 aliphatic heterocycles. The van der Waals surface area contributed by atoms with Crippen molar-refractivity contribution < 1.29 is 23.7 Å². The van der Waals surface area contributed by atoms with Gasteiger partial charge < -0.3 is 24.3 Å². The molecule has 0 saturated carbocycles. The second-order valence-electron chi connectivity index (χ2n) is 6.71. The van der Waals surface area contributed by atoms with Crippen LogP contribution in [0.2, 0.25) is 0 Å². The van der Waals surface area contributed by atoms with Gasteiger partial charge in [-0.3, -0.25) is 4.79 Å². The normalized spacial score (nSPS) is 12.3. The van der Waals surface area contributed by atoms with E-state index in [-0.39, 0.29) is 5.91 Å². The predicted molar refractivity (Wildman–Crippen MR) is 107 cm³/mol. The lowest BCUT2D eigenvalue weighted by Crippen LogP contribution is -2.26. The molecule has 0 radical (unpaired) electrons. The molecule has 3 rings (SSSR count). The Labute approximate surface area is 165 Å². The van der Waals surface area contributed by atoms with Crippen LogP contribution in [-0.4, -0.2) is 40.9 Å². The molecule has 1 amide bonds. The first kappa shape index (κ1) is 19.9. The van der Waals surface area contributed by atoms with E-state index < -0.39 is 0 Å². The van der Waals surface area contributed by atoms with Gasteiger partial charge in [0.1, 0.15) is 5.75 Å². The van der Waals surface area contributed by atoms with Gasteiger partial charge in [-0.2, -0.15) is 0 Å². The standard InChI is InChI=1S/C22H27NO5/c1-25-18-11-15-7-5-6-14(15)10-16(18)8-9-23-22(24)17-12-19(26-2)21(28-4)20(13-17)27-3/h10-13H,5-9H2,1-4H3,(H,23,24). The zero-order chi connectivity index (χ0) is 20.1. The summed E-state index contributed by atoms with van der Waals surface area (Å²) in [6.45, 7) is 0.505. The van der Waals surface area contributed by atoms with Crippen molar-refractivity contribution in [3.63, 3.8) is 0 Å². The summed E-state index contributed by atoms with van der Waals surface area (Å²) in [6, 6.07) is 7.64. The molecule has 0 aromatic heterocycles. The van der Waals surface area contributed by atoms with Crippen molar-refractivity contribution in [2.75, 3.05) is 35.0 Å². The van der Waals surface area contributed by atoms with Gasteiger partial charge in [-0.15, -0.1) is 0 Å². The van der Waals surface area contributed by atoms with Gasteiger partial charge >= 0.3 is 0 Å². The van der Waals surface area contributed by atoms with Crippen LogP contribution < -0.4 is 24.3 Å². The number of hydrogen-bond donors (Lipinski definition) is 1. The molecule has 0 spiro atoms. The van der Waals surface area contributed by atoms with Gasteiger partial charge in [-0.1, -0.05) is 6.07 Å². The van der Waals surface area contributed by atoms with E-state index in [0.29, 0.717) is 35.8 Å². The largest absolute Gasteiger partial charge is 0.496 e. The number of rotatable bonds is 8. The molecule has 2 aromatic rings. The van der Waals surface area contributed by atoms with E-state index in [1.54, 1.807) is 19.2 Å². The second kappa shape index (κ2) is 8.87. The van der Waals surface area contributed by atoms with Crippen molar-refractivity contribution in [1.29, 1.82) is 0 Å². The minimum Gasteiger partial charge on any atom is -0.496 e. The molecule has 150 valence electrons. The Kier molecular flexibility index (Phi) is 6.29. The summed E-state index contributed by atoms with van der Waals surface area (Å²) in [4.78, 5) is 12.6. The number of fused-ring (bicyclic) bond motifs is 1.